The highest BCUT2D eigenvalue weighted by molar-refractivity contribution is 7.99. The van der Waals surface area contributed by atoms with Crippen LogP contribution in [0.5, 0.6) is 5.75 Å². The topological polar surface area (TPSA) is 75.7 Å². The summed E-state index contributed by atoms with van der Waals surface area (Å²) in [7, 11) is 0.502. The lowest BCUT2D eigenvalue weighted by molar-refractivity contribution is 0.0934. The Hall–Kier alpha value is -1.74. The molecular formula is C19H21ClN2O4S2. The number of sulfonamides is 1. The van der Waals surface area contributed by atoms with Crippen LogP contribution in [0.2, 0.25) is 5.02 Å². The first-order valence-electron chi connectivity index (χ1n) is 8.57. The number of hydrogen-bond donors (Lipinski definition) is 1. The lowest BCUT2D eigenvalue weighted by Gasteiger charge is -2.26. The Kier molecular flexibility index (Phi) is 6.24. The highest BCUT2D eigenvalue weighted by Crippen LogP contribution is 2.37. The normalized spacial score (nSPS) is 16.5. The van der Waals surface area contributed by atoms with Crippen molar-refractivity contribution in [2.75, 3.05) is 27.0 Å². The number of halogens is 1. The number of ether oxygens (including phenoxy) is 1. The van der Waals surface area contributed by atoms with Gasteiger partial charge in [0.05, 0.1) is 13.2 Å². The van der Waals surface area contributed by atoms with E-state index in [1.54, 1.807) is 17.8 Å². The van der Waals surface area contributed by atoms with E-state index in [0.717, 1.165) is 26.9 Å². The lowest BCUT2D eigenvalue weighted by Crippen LogP contribution is -2.31. The highest BCUT2D eigenvalue weighted by Gasteiger charge is 2.26. The van der Waals surface area contributed by atoms with Crippen LogP contribution in [0.25, 0.3) is 0 Å². The van der Waals surface area contributed by atoms with Crippen LogP contribution in [0.3, 0.4) is 0 Å². The smallest absolute Gasteiger partial charge is 0.251 e. The van der Waals surface area contributed by atoms with Gasteiger partial charge in [-0.25, -0.2) is 12.7 Å². The molecule has 0 spiro atoms. The van der Waals surface area contributed by atoms with Crippen molar-refractivity contribution in [3.63, 3.8) is 0 Å². The van der Waals surface area contributed by atoms with E-state index in [-0.39, 0.29) is 28.2 Å². The minimum Gasteiger partial charge on any atom is -0.495 e. The van der Waals surface area contributed by atoms with Crippen molar-refractivity contribution >= 4 is 39.3 Å². The molecule has 1 N–H and O–H groups in total. The Balaban J connectivity index is 1.92. The van der Waals surface area contributed by atoms with Gasteiger partial charge in [0.25, 0.3) is 5.91 Å². The summed E-state index contributed by atoms with van der Waals surface area (Å²) >= 11 is 7.85. The van der Waals surface area contributed by atoms with Gasteiger partial charge in [0.2, 0.25) is 10.0 Å². The molecule has 0 bridgehead atoms. The van der Waals surface area contributed by atoms with Crippen molar-refractivity contribution in [3.05, 3.63) is 52.5 Å². The number of thioether (sulfide) groups is 1. The third kappa shape index (κ3) is 4.15. The number of benzene rings is 2. The summed E-state index contributed by atoms with van der Waals surface area (Å²) in [6.45, 7) is 0. The molecule has 1 aliphatic rings. The van der Waals surface area contributed by atoms with Crippen LogP contribution in [0.1, 0.15) is 28.4 Å². The number of fused-ring (bicyclic) bond motifs is 1. The molecule has 0 aliphatic carbocycles. The molecular weight excluding hydrogens is 420 g/mol. The maximum absolute atomic E-state index is 12.9. The van der Waals surface area contributed by atoms with Gasteiger partial charge >= 0.3 is 0 Å². The highest BCUT2D eigenvalue weighted by atomic mass is 35.5. The summed E-state index contributed by atoms with van der Waals surface area (Å²) < 4.78 is 31.4. The van der Waals surface area contributed by atoms with Gasteiger partial charge in [-0.15, -0.1) is 11.8 Å². The molecule has 6 nitrogen and oxygen atoms in total. The maximum Gasteiger partial charge on any atom is 0.251 e. The third-order valence-corrected chi connectivity index (χ3v) is 7.70. The molecule has 1 aliphatic heterocycles. The monoisotopic (exact) mass is 440 g/mol. The van der Waals surface area contributed by atoms with Crippen molar-refractivity contribution in [2.24, 2.45) is 0 Å². The predicted molar refractivity (Wildman–Crippen MR) is 111 cm³/mol. The molecule has 1 amide bonds. The lowest BCUT2D eigenvalue weighted by atomic mass is 10.0. The summed E-state index contributed by atoms with van der Waals surface area (Å²) in [6, 6.07) is 9.86. The summed E-state index contributed by atoms with van der Waals surface area (Å²) in [5.74, 6) is 0.722. The van der Waals surface area contributed by atoms with E-state index >= 15 is 0 Å². The fourth-order valence-corrected chi connectivity index (χ4v) is 5.33. The number of carbonyl (C=O) groups is 1. The van der Waals surface area contributed by atoms with Crippen LogP contribution in [0.4, 0.5) is 0 Å². The molecule has 3 rings (SSSR count). The Morgan fingerprint density at radius 3 is 2.68 bits per heavy atom. The molecule has 0 aromatic heterocycles. The van der Waals surface area contributed by atoms with Crippen LogP contribution >= 0.6 is 23.4 Å². The SMILES string of the molecule is COc1ccc(C(=O)NC2CCSc3ccc(Cl)cc32)cc1S(=O)(=O)N(C)C. The van der Waals surface area contributed by atoms with Crippen LogP contribution in [-0.4, -0.2) is 45.6 Å². The Labute approximate surface area is 174 Å². The van der Waals surface area contributed by atoms with Gasteiger partial charge in [-0.1, -0.05) is 11.6 Å². The van der Waals surface area contributed by atoms with Gasteiger partial charge in [0.1, 0.15) is 10.6 Å². The summed E-state index contributed by atoms with van der Waals surface area (Å²) in [6.07, 6.45) is 0.767. The zero-order valence-electron chi connectivity index (χ0n) is 15.7. The number of nitrogens with one attached hydrogen (secondary N) is 1. The Bertz CT molecular complexity index is 1010. The van der Waals surface area contributed by atoms with Crippen molar-refractivity contribution in [2.45, 2.75) is 22.3 Å². The average Bonchev–Trinajstić information content (AvgIpc) is 2.67. The molecule has 2 aromatic rings. The van der Waals surface area contributed by atoms with Crippen LogP contribution in [0, 0.1) is 0 Å². The second-order valence-corrected chi connectivity index (χ2v) is 10.2. The standard InChI is InChI=1S/C19H21ClN2O4S2/c1-22(2)28(24,25)18-10-12(4-6-16(18)26-3)19(23)21-15-8-9-27-17-7-5-13(20)11-14(15)17/h4-7,10-11,15H,8-9H2,1-3H3,(H,21,23). The van der Waals surface area contributed by atoms with Gasteiger partial charge in [-0.05, 0) is 48.4 Å². The zero-order chi connectivity index (χ0) is 20.5. The van der Waals surface area contributed by atoms with Crippen molar-refractivity contribution in [1.29, 1.82) is 0 Å². The Morgan fingerprint density at radius 1 is 1.25 bits per heavy atom. The number of hydrogen-bond acceptors (Lipinski definition) is 5. The average molecular weight is 441 g/mol. The van der Waals surface area contributed by atoms with Crippen LogP contribution in [0.15, 0.2) is 46.2 Å². The minimum atomic E-state index is -3.76. The van der Waals surface area contributed by atoms with Crippen molar-refractivity contribution in [3.8, 4) is 5.75 Å². The van der Waals surface area contributed by atoms with Crippen LogP contribution in [-0.2, 0) is 10.0 Å². The second-order valence-electron chi connectivity index (χ2n) is 6.50. The first-order valence-corrected chi connectivity index (χ1v) is 11.4. The summed E-state index contributed by atoms with van der Waals surface area (Å²) in [5, 5.41) is 3.62. The third-order valence-electron chi connectivity index (χ3n) is 4.50. The van der Waals surface area contributed by atoms with E-state index < -0.39 is 10.0 Å². The van der Waals surface area contributed by atoms with Crippen molar-refractivity contribution < 1.29 is 17.9 Å². The first-order chi connectivity index (χ1) is 13.2. The van der Waals surface area contributed by atoms with E-state index in [2.05, 4.69) is 5.32 Å². The van der Waals surface area contributed by atoms with Gasteiger partial charge in [0, 0.05) is 35.3 Å². The largest absolute Gasteiger partial charge is 0.495 e. The molecule has 0 saturated heterocycles. The fourth-order valence-electron chi connectivity index (χ4n) is 2.97. The van der Waals surface area contributed by atoms with Gasteiger partial charge < -0.3 is 10.1 Å². The summed E-state index contributed by atoms with van der Waals surface area (Å²) in [5.41, 5.74) is 1.23. The molecule has 0 fully saturated rings. The minimum absolute atomic E-state index is 0.0460. The molecule has 150 valence electrons. The molecule has 1 atom stereocenters. The Morgan fingerprint density at radius 2 is 2.00 bits per heavy atom. The van der Waals surface area contributed by atoms with Crippen LogP contribution < -0.4 is 10.1 Å². The van der Waals surface area contributed by atoms with E-state index in [4.69, 9.17) is 16.3 Å². The number of amides is 1. The quantitative estimate of drug-likeness (QED) is 0.769. The van der Waals surface area contributed by atoms with Gasteiger partial charge in [-0.2, -0.15) is 0 Å². The van der Waals surface area contributed by atoms with E-state index in [0.29, 0.717) is 5.02 Å². The van der Waals surface area contributed by atoms with Gasteiger partial charge in [0.15, 0.2) is 0 Å². The van der Waals surface area contributed by atoms with E-state index in [1.165, 1.54) is 33.3 Å². The number of carbonyl (C=O) groups excluding carboxylic acids is 1. The number of nitrogens with zero attached hydrogens (tertiary/aromatic N) is 1. The maximum atomic E-state index is 12.9. The van der Waals surface area contributed by atoms with E-state index in [1.807, 2.05) is 18.2 Å². The first kappa shape index (κ1) is 21.0. The zero-order valence-corrected chi connectivity index (χ0v) is 18.1. The van der Waals surface area contributed by atoms with Gasteiger partial charge in [-0.3, -0.25) is 4.79 Å². The number of rotatable bonds is 5. The molecule has 0 radical (unpaired) electrons. The molecule has 9 heteroatoms. The second kappa shape index (κ2) is 8.32. The molecule has 2 aromatic carbocycles. The molecule has 0 saturated carbocycles. The fraction of sp³-hybridized carbons (Fsp3) is 0.316. The van der Waals surface area contributed by atoms with Crippen molar-refractivity contribution in [1.82, 2.24) is 9.62 Å². The molecule has 1 unspecified atom stereocenters. The molecule has 1 heterocycles. The summed E-state index contributed by atoms with van der Waals surface area (Å²) in [4.78, 5) is 13.9. The van der Waals surface area contributed by atoms with E-state index in [9.17, 15) is 13.2 Å². The predicted octanol–water partition coefficient (Wildman–Crippen LogP) is 3.57. The number of methoxy groups -OCH3 is 1. The molecule has 28 heavy (non-hydrogen) atoms.